The average molecular weight is 356 g/mol. The van der Waals surface area contributed by atoms with Crippen molar-refractivity contribution in [3.8, 4) is 0 Å². The second kappa shape index (κ2) is 7.39. The fraction of sp³-hybridized carbons (Fsp3) is 0.619. The lowest BCUT2D eigenvalue weighted by atomic mass is 9.79. The molecule has 4 rings (SSSR count). The smallest absolute Gasteiger partial charge is 0.251 e. The predicted molar refractivity (Wildman–Crippen MR) is 98.7 cm³/mol. The fourth-order valence-electron chi connectivity index (χ4n) is 4.30. The first-order valence-electron chi connectivity index (χ1n) is 9.91. The molecule has 0 radical (unpaired) electrons. The molecule has 1 spiro atoms. The third-order valence-corrected chi connectivity index (χ3v) is 6.10. The number of carbonyl (C=O) groups excluding carboxylic acids is 2. The standard InChI is InChI=1S/C21H28N2O3/c24-19(17-4-2-1-3-5-17)22-15-16-8-13-26-21(14-16)9-11-23(12-10-21)20(25)18-6-7-18/h1-5,16,18H,6-15H2,(H,22,24). The Hall–Kier alpha value is -1.88. The van der Waals surface area contributed by atoms with Crippen molar-refractivity contribution in [3.05, 3.63) is 35.9 Å². The summed E-state index contributed by atoms with van der Waals surface area (Å²) >= 11 is 0. The molecular weight excluding hydrogens is 328 g/mol. The van der Waals surface area contributed by atoms with Crippen molar-refractivity contribution in [1.82, 2.24) is 10.2 Å². The van der Waals surface area contributed by atoms with Crippen LogP contribution in [0, 0.1) is 11.8 Å². The van der Waals surface area contributed by atoms with E-state index in [1.54, 1.807) is 0 Å². The Morgan fingerprint density at radius 3 is 2.54 bits per heavy atom. The molecule has 5 heteroatoms. The van der Waals surface area contributed by atoms with Crippen LogP contribution < -0.4 is 5.32 Å². The second-order valence-corrected chi connectivity index (χ2v) is 8.07. The van der Waals surface area contributed by atoms with Crippen LogP contribution >= 0.6 is 0 Å². The number of carbonyl (C=O) groups is 2. The molecule has 2 heterocycles. The number of amides is 2. The first-order chi connectivity index (χ1) is 12.7. The van der Waals surface area contributed by atoms with Crippen LogP contribution in [-0.2, 0) is 9.53 Å². The van der Waals surface area contributed by atoms with Gasteiger partial charge in [0, 0.05) is 37.7 Å². The van der Waals surface area contributed by atoms with Gasteiger partial charge in [-0.05, 0) is 56.6 Å². The molecule has 0 bridgehead atoms. The number of hydrogen-bond donors (Lipinski definition) is 1. The highest BCUT2D eigenvalue weighted by molar-refractivity contribution is 5.94. The van der Waals surface area contributed by atoms with Crippen LogP contribution in [0.3, 0.4) is 0 Å². The summed E-state index contributed by atoms with van der Waals surface area (Å²) in [5.41, 5.74) is 0.613. The predicted octanol–water partition coefficient (Wildman–Crippen LogP) is 2.61. The molecule has 1 aromatic rings. The summed E-state index contributed by atoms with van der Waals surface area (Å²) in [5, 5.41) is 3.08. The van der Waals surface area contributed by atoms with E-state index in [4.69, 9.17) is 4.74 Å². The Morgan fingerprint density at radius 1 is 1.12 bits per heavy atom. The van der Waals surface area contributed by atoms with Crippen molar-refractivity contribution in [3.63, 3.8) is 0 Å². The van der Waals surface area contributed by atoms with Crippen LogP contribution in [0.15, 0.2) is 30.3 Å². The summed E-state index contributed by atoms with van der Waals surface area (Å²) in [4.78, 5) is 26.5. The molecule has 1 saturated carbocycles. The largest absolute Gasteiger partial charge is 0.375 e. The van der Waals surface area contributed by atoms with Crippen molar-refractivity contribution in [2.24, 2.45) is 11.8 Å². The van der Waals surface area contributed by atoms with Gasteiger partial charge in [0.2, 0.25) is 5.91 Å². The molecule has 1 aliphatic carbocycles. The van der Waals surface area contributed by atoms with Gasteiger partial charge in [-0.15, -0.1) is 0 Å². The number of piperidine rings is 1. The highest BCUT2D eigenvalue weighted by Crippen LogP contribution is 2.39. The van der Waals surface area contributed by atoms with Gasteiger partial charge in [-0.2, -0.15) is 0 Å². The Morgan fingerprint density at radius 2 is 1.85 bits per heavy atom. The van der Waals surface area contributed by atoms with Crippen LogP contribution in [0.5, 0.6) is 0 Å². The monoisotopic (exact) mass is 356 g/mol. The molecule has 140 valence electrons. The van der Waals surface area contributed by atoms with E-state index in [-0.39, 0.29) is 11.5 Å². The van der Waals surface area contributed by atoms with Crippen LogP contribution in [0.2, 0.25) is 0 Å². The molecule has 1 atom stereocenters. The molecular formula is C21H28N2O3. The highest BCUT2D eigenvalue weighted by Gasteiger charge is 2.43. The molecule has 1 aromatic carbocycles. The van der Waals surface area contributed by atoms with Crippen LogP contribution in [0.4, 0.5) is 0 Å². The summed E-state index contributed by atoms with van der Waals surface area (Å²) in [6.45, 7) is 3.09. The molecule has 5 nitrogen and oxygen atoms in total. The van der Waals surface area contributed by atoms with E-state index in [9.17, 15) is 9.59 Å². The number of ether oxygens (including phenoxy) is 1. The SMILES string of the molecule is O=C(NCC1CCOC2(CCN(C(=O)C3CC3)CC2)C1)c1ccccc1. The first kappa shape index (κ1) is 17.5. The molecule has 1 N–H and O–H groups in total. The molecule has 1 unspecified atom stereocenters. The third-order valence-electron chi connectivity index (χ3n) is 6.10. The number of hydrogen-bond acceptors (Lipinski definition) is 3. The zero-order valence-corrected chi connectivity index (χ0v) is 15.3. The Kier molecular flexibility index (Phi) is 4.98. The van der Waals surface area contributed by atoms with Crippen molar-refractivity contribution in [2.45, 2.75) is 44.1 Å². The minimum Gasteiger partial charge on any atom is -0.375 e. The average Bonchev–Trinajstić information content (AvgIpc) is 3.52. The van der Waals surface area contributed by atoms with E-state index >= 15 is 0 Å². The lowest BCUT2D eigenvalue weighted by Crippen LogP contribution is -2.52. The summed E-state index contributed by atoms with van der Waals surface area (Å²) in [5.74, 6) is 1.10. The van der Waals surface area contributed by atoms with Crippen molar-refractivity contribution < 1.29 is 14.3 Å². The number of likely N-dealkylation sites (tertiary alicyclic amines) is 1. The van der Waals surface area contributed by atoms with Gasteiger partial charge in [-0.1, -0.05) is 18.2 Å². The second-order valence-electron chi connectivity index (χ2n) is 8.07. The maximum absolute atomic E-state index is 12.3. The third kappa shape index (κ3) is 3.93. The normalized spacial score (nSPS) is 25.1. The molecule has 3 aliphatic rings. The van der Waals surface area contributed by atoms with E-state index in [0.717, 1.165) is 58.2 Å². The first-order valence-corrected chi connectivity index (χ1v) is 9.91. The summed E-state index contributed by atoms with van der Waals surface area (Å²) in [7, 11) is 0. The zero-order valence-electron chi connectivity index (χ0n) is 15.3. The van der Waals surface area contributed by atoms with E-state index in [0.29, 0.717) is 29.9 Å². The van der Waals surface area contributed by atoms with E-state index in [1.807, 2.05) is 35.2 Å². The van der Waals surface area contributed by atoms with Gasteiger partial charge in [0.05, 0.1) is 5.60 Å². The topological polar surface area (TPSA) is 58.6 Å². The van der Waals surface area contributed by atoms with Crippen LogP contribution in [0.1, 0.15) is 48.9 Å². The summed E-state index contributed by atoms with van der Waals surface area (Å²) in [6.07, 6.45) is 5.96. The van der Waals surface area contributed by atoms with Gasteiger partial charge >= 0.3 is 0 Å². The summed E-state index contributed by atoms with van der Waals surface area (Å²) < 4.78 is 6.18. The highest BCUT2D eigenvalue weighted by atomic mass is 16.5. The zero-order chi connectivity index (χ0) is 18.0. The van der Waals surface area contributed by atoms with Crippen molar-refractivity contribution in [2.75, 3.05) is 26.2 Å². The maximum atomic E-state index is 12.3. The van der Waals surface area contributed by atoms with Crippen molar-refractivity contribution >= 4 is 11.8 Å². The number of rotatable bonds is 4. The fourth-order valence-corrected chi connectivity index (χ4v) is 4.30. The molecule has 2 amide bonds. The Bertz CT molecular complexity index is 648. The number of nitrogens with one attached hydrogen (secondary N) is 1. The number of nitrogens with zero attached hydrogens (tertiary/aromatic N) is 1. The minimum atomic E-state index is -0.0965. The summed E-state index contributed by atoms with van der Waals surface area (Å²) in [6, 6.07) is 9.37. The van der Waals surface area contributed by atoms with Crippen LogP contribution in [-0.4, -0.2) is 48.6 Å². The molecule has 2 saturated heterocycles. The maximum Gasteiger partial charge on any atom is 0.251 e. The lowest BCUT2D eigenvalue weighted by Gasteiger charge is -2.46. The molecule has 0 aromatic heterocycles. The van der Waals surface area contributed by atoms with E-state index in [2.05, 4.69) is 5.32 Å². The van der Waals surface area contributed by atoms with Gasteiger partial charge in [0.1, 0.15) is 0 Å². The van der Waals surface area contributed by atoms with E-state index in [1.165, 1.54) is 0 Å². The minimum absolute atomic E-state index is 0.00371. The van der Waals surface area contributed by atoms with Gasteiger partial charge in [0.15, 0.2) is 0 Å². The van der Waals surface area contributed by atoms with Gasteiger partial charge in [-0.3, -0.25) is 9.59 Å². The van der Waals surface area contributed by atoms with E-state index < -0.39 is 0 Å². The van der Waals surface area contributed by atoms with Gasteiger partial charge in [0.25, 0.3) is 5.91 Å². The molecule has 3 fully saturated rings. The van der Waals surface area contributed by atoms with Gasteiger partial charge < -0.3 is 15.0 Å². The number of benzene rings is 1. The molecule has 2 aliphatic heterocycles. The van der Waals surface area contributed by atoms with Crippen LogP contribution in [0.25, 0.3) is 0 Å². The van der Waals surface area contributed by atoms with Gasteiger partial charge in [-0.25, -0.2) is 0 Å². The lowest BCUT2D eigenvalue weighted by molar-refractivity contribution is -0.148. The van der Waals surface area contributed by atoms with Crippen molar-refractivity contribution in [1.29, 1.82) is 0 Å². The Balaban J connectivity index is 1.27. The molecule has 26 heavy (non-hydrogen) atoms. The quantitative estimate of drug-likeness (QED) is 0.902. The Labute approximate surface area is 155 Å².